The summed E-state index contributed by atoms with van der Waals surface area (Å²) in [5.41, 5.74) is 1.83. The van der Waals surface area contributed by atoms with Gasteiger partial charge in [-0.2, -0.15) is 0 Å². The Kier molecular flexibility index (Phi) is 4.15. The highest BCUT2D eigenvalue weighted by Crippen LogP contribution is 2.19. The fourth-order valence-corrected chi connectivity index (χ4v) is 2.90. The summed E-state index contributed by atoms with van der Waals surface area (Å²) < 4.78 is 1.60. The number of tetrazole rings is 1. The number of hydrogen-bond donors (Lipinski definition) is 3. The Morgan fingerprint density at radius 3 is 3.33 bits per heavy atom. The summed E-state index contributed by atoms with van der Waals surface area (Å²) >= 11 is 1.50. The van der Waals surface area contributed by atoms with Gasteiger partial charge in [-0.3, -0.25) is 4.79 Å². The quantitative estimate of drug-likeness (QED) is 0.481. The number of nitrogens with zero attached hydrogens (tertiary/aromatic N) is 5. The van der Waals surface area contributed by atoms with Gasteiger partial charge in [0.05, 0.1) is 12.0 Å². The van der Waals surface area contributed by atoms with E-state index in [-0.39, 0.29) is 11.9 Å². The molecule has 1 atom stereocenters. The lowest BCUT2D eigenvalue weighted by Crippen LogP contribution is -2.42. The van der Waals surface area contributed by atoms with Gasteiger partial charge in [-0.05, 0) is 10.4 Å². The molecule has 9 nitrogen and oxygen atoms in total. The van der Waals surface area contributed by atoms with Gasteiger partial charge in [-0.1, -0.05) is 11.8 Å². The Hall–Kier alpha value is -1.94. The summed E-state index contributed by atoms with van der Waals surface area (Å²) in [5, 5.41) is 18.0. The van der Waals surface area contributed by atoms with Crippen LogP contribution in [0.25, 0.3) is 0 Å². The molecule has 2 aromatic rings. The Bertz CT molecular complexity index is 623. The number of amides is 1. The van der Waals surface area contributed by atoms with E-state index in [1.807, 2.05) is 0 Å². The molecule has 1 aliphatic heterocycles. The number of imidazole rings is 1. The Morgan fingerprint density at radius 2 is 2.52 bits per heavy atom. The van der Waals surface area contributed by atoms with Crippen LogP contribution in [0.2, 0.25) is 0 Å². The largest absolute Gasteiger partial charge is 0.354 e. The molecule has 2 aromatic heterocycles. The molecule has 0 saturated heterocycles. The summed E-state index contributed by atoms with van der Waals surface area (Å²) in [7, 11) is 1.78. The number of thioether (sulfide) groups is 1. The van der Waals surface area contributed by atoms with Crippen molar-refractivity contribution in [1.29, 1.82) is 0 Å². The van der Waals surface area contributed by atoms with Crippen LogP contribution in [0.5, 0.6) is 0 Å². The Morgan fingerprint density at radius 1 is 1.62 bits per heavy atom. The molecule has 1 aliphatic rings. The molecule has 0 bridgehead atoms. The Labute approximate surface area is 125 Å². The van der Waals surface area contributed by atoms with Crippen molar-refractivity contribution < 1.29 is 4.79 Å². The lowest BCUT2D eigenvalue weighted by Gasteiger charge is -2.22. The normalized spacial score (nSPS) is 17.5. The van der Waals surface area contributed by atoms with E-state index in [4.69, 9.17) is 0 Å². The molecule has 0 radical (unpaired) electrons. The zero-order valence-electron chi connectivity index (χ0n) is 11.5. The smallest absolute Gasteiger partial charge is 0.243 e. The first kappa shape index (κ1) is 14.0. The van der Waals surface area contributed by atoms with E-state index in [2.05, 4.69) is 36.1 Å². The minimum atomic E-state index is -0.374. The lowest BCUT2D eigenvalue weighted by atomic mass is 10.1. The Balaban J connectivity index is 1.48. The van der Waals surface area contributed by atoms with Crippen LogP contribution >= 0.6 is 11.8 Å². The number of fused-ring (bicyclic) bond motifs is 1. The number of aromatic amines is 1. The van der Waals surface area contributed by atoms with Gasteiger partial charge in [0.1, 0.15) is 6.04 Å². The molecule has 0 spiro atoms. The topological polar surface area (TPSA) is 113 Å². The van der Waals surface area contributed by atoms with E-state index in [1.54, 1.807) is 18.1 Å². The van der Waals surface area contributed by atoms with E-state index >= 15 is 0 Å². The summed E-state index contributed by atoms with van der Waals surface area (Å²) in [5.74, 6) is 0.653. The SMILES string of the molecule is Cn1nnnc1SCCNC(=O)C1NCCc2[nH]cnc21. The van der Waals surface area contributed by atoms with Gasteiger partial charge >= 0.3 is 0 Å². The maximum Gasteiger partial charge on any atom is 0.243 e. The molecule has 21 heavy (non-hydrogen) atoms. The molecular weight excluding hydrogens is 292 g/mol. The maximum absolute atomic E-state index is 12.2. The highest BCUT2D eigenvalue weighted by atomic mass is 32.2. The first-order valence-corrected chi connectivity index (χ1v) is 7.62. The predicted molar refractivity (Wildman–Crippen MR) is 75.6 cm³/mol. The zero-order valence-corrected chi connectivity index (χ0v) is 12.4. The number of carbonyl (C=O) groups is 1. The number of carbonyl (C=O) groups excluding carboxylic acids is 1. The minimum absolute atomic E-state index is 0.0558. The average Bonchev–Trinajstić information content (AvgIpc) is 3.11. The first-order chi connectivity index (χ1) is 10.3. The molecule has 3 heterocycles. The van der Waals surface area contributed by atoms with Gasteiger partial charge in [-0.15, -0.1) is 5.10 Å². The minimum Gasteiger partial charge on any atom is -0.354 e. The summed E-state index contributed by atoms with van der Waals surface area (Å²) in [6, 6.07) is -0.374. The van der Waals surface area contributed by atoms with Crippen LogP contribution in [0.4, 0.5) is 0 Å². The first-order valence-electron chi connectivity index (χ1n) is 6.64. The molecule has 0 aromatic carbocycles. The zero-order chi connectivity index (χ0) is 14.7. The summed E-state index contributed by atoms with van der Waals surface area (Å²) in [6.45, 7) is 1.32. The molecule has 0 fully saturated rings. The monoisotopic (exact) mass is 308 g/mol. The van der Waals surface area contributed by atoms with Crippen molar-refractivity contribution in [3.63, 3.8) is 0 Å². The van der Waals surface area contributed by atoms with E-state index in [1.165, 1.54) is 11.8 Å². The van der Waals surface area contributed by atoms with Crippen molar-refractivity contribution in [3.8, 4) is 0 Å². The van der Waals surface area contributed by atoms with Crippen molar-refractivity contribution in [1.82, 2.24) is 40.8 Å². The third-order valence-corrected chi connectivity index (χ3v) is 4.24. The third-order valence-electron chi connectivity index (χ3n) is 3.22. The maximum atomic E-state index is 12.2. The second kappa shape index (κ2) is 6.22. The molecule has 0 saturated carbocycles. The number of rotatable bonds is 5. The van der Waals surface area contributed by atoms with Crippen molar-refractivity contribution >= 4 is 17.7 Å². The highest BCUT2D eigenvalue weighted by Gasteiger charge is 2.27. The molecule has 112 valence electrons. The van der Waals surface area contributed by atoms with Crippen LogP contribution in [-0.2, 0) is 18.3 Å². The molecular formula is C11H16N8OS. The number of aryl methyl sites for hydroxylation is 1. The molecule has 3 rings (SSSR count). The van der Waals surface area contributed by atoms with Crippen molar-refractivity contribution in [2.45, 2.75) is 17.6 Å². The highest BCUT2D eigenvalue weighted by molar-refractivity contribution is 7.99. The predicted octanol–water partition coefficient (Wildman–Crippen LogP) is -0.971. The fraction of sp³-hybridized carbons (Fsp3) is 0.545. The van der Waals surface area contributed by atoms with Crippen molar-refractivity contribution in [3.05, 3.63) is 17.7 Å². The summed E-state index contributed by atoms with van der Waals surface area (Å²) in [6.07, 6.45) is 2.50. The van der Waals surface area contributed by atoms with Crippen LogP contribution in [0.1, 0.15) is 17.4 Å². The average molecular weight is 308 g/mol. The molecule has 3 N–H and O–H groups in total. The number of nitrogens with one attached hydrogen (secondary N) is 3. The van der Waals surface area contributed by atoms with Gasteiger partial charge in [0.25, 0.3) is 0 Å². The summed E-state index contributed by atoms with van der Waals surface area (Å²) in [4.78, 5) is 19.5. The second-order valence-electron chi connectivity index (χ2n) is 4.63. The van der Waals surface area contributed by atoms with Gasteiger partial charge in [0.2, 0.25) is 11.1 Å². The van der Waals surface area contributed by atoms with Crippen LogP contribution in [0.15, 0.2) is 11.5 Å². The van der Waals surface area contributed by atoms with Gasteiger partial charge < -0.3 is 15.6 Å². The van der Waals surface area contributed by atoms with Gasteiger partial charge in [0, 0.05) is 38.0 Å². The molecule has 0 aliphatic carbocycles. The number of H-pyrrole nitrogens is 1. The molecule has 1 amide bonds. The van der Waals surface area contributed by atoms with Crippen LogP contribution in [0.3, 0.4) is 0 Å². The van der Waals surface area contributed by atoms with Crippen LogP contribution in [0, 0.1) is 0 Å². The third kappa shape index (κ3) is 3.05. The van der Waals surface area contributed by atoms with Crippen LogP contribution in [-0.4, -0.2) is 54.9 Å². The van der Waals surface area contributed by atoms with Crippen LogP contribution < -0.4 is 10.6 Å². The second-order valence-corrected chi connectivity index (χ2v) is 5.69. The van der Waals surface area contributed by atoms with Crippen molar-refractivity contribution in [2.75, 3.05) is 18.8 Å². The van der Waals surface area contributed by atoms with E-state index in [0.29, 0.717) is 12.3 Å². The van der Waals surface area contributed by atoms with Crippen molar-refractivity contribution in [2.24, 2.45) is 7.05 Å². The van der Waals surface area contributed by atoms with E-state index in [0.717, 1.165) is 29.5 Å². The van der Waals surface area contributed by atoms with Gasteiger partial charge in [0.15, 0.2) is 0 Å². The molecule has 1 unspecified atom stereocenters. The molecule has 10 heteroatoms. The lowest BCUT2D eigenvalue weighted by molar-refractivity contribution is -0.123. The van der Waals surface area contributed by atoms with E-state index in [9.17, 15) is 4.79 Å². The fourth-order valence-electron chi connectivity index (χ4n) is 2.20. The van der Waals surface area contributed by atoms with Gasteiger partial charge in [-0.25, -0.2) is 9.67 Å². The standard InChI is InChI=1S/C11H16N8OS/c1-19-11(16-17-18-19)21-5-4-13-10(20)9-8-7(2-3-12-9)14-6-15-8/h6,9,12H,2-5H2,1H3,(H,13,20)(H,14,15). The number of aromatic nitrogens is 6. The van der Waals surface area contributed by atoms with E-state index < -0.39 is 0 Å². The number of hydrogen-bond acceptors (Lipinski definition) is 7.